The second-order valence-corrected chi connectivity index (χ2v) is 5.92. The number of rotatable bonds is 5. The van der Waals surface area contributed by atoms with Crippen molar-refractivity contribution in [2.24, 2.45) is 0 Å². The van der Waals surface area contributed by atoms with Gasteiger partial charge in [0, 0.05) is 12.1 Å². The zero-order chi connectivity index (χ0) is 13.9. The first kappa shape index (κ1) is 14.9. The van der Waals surface area contributed by atoms with Crippen molar-refractivity contribution in [3.63, 3.8) is 0 Å². The normalized spacial score (nSPS) is 13.3. The highest BCUT2D eigenvalue weighted by molar-refractivity contribution is 7.89. The van der Waals surface area contributed by atoms with Crippen LogP contribution in [0.15, 0.2) is 23.1 Å². The van der Waals surface area contributed by atoms with Crippen LogP contribution < -0.4 is 4.72 Å². The quantitative estimate of drug-likeness (QED) is 0.666. The summed E-state index contributed by atoms with van der Waals surface area (Å²) in [4.78, 5) is 9.80. The Balaban J connectivity index is 3.18. The highest BCUT2D eigenvalue weighted by atomic mass is 35.5. The number of nitrogens with zero attached hydrogens (tertiary/aromatic N) is 1. The molecule has 1 aromatic rings. The lowest BCUT2D eigenvalue weighted by atomic mass is 10.3. The minimum Gasteiger partial charge on any atom is -0.258 e. The van der Waals surface area contributed by atoms with Gasteiger partial charge in [-0.25, -0.2) is 13.1 Å². The minimum atomic E-state index is -3.76. The molecule has 0 bridgehead atoms. The van der Waals surface area contributed by atoms with Crippen molar-refractivity contribution in [2.45, 2.75) is 31.2 Å². The van der Waals surface area contributed by atoms with E-state index in [0.29, 0.717) is 6.42 Å². The molecule has 0 aliphatic heterocycles. The highest BCUT2D eigenvalue weighted by Crippen LogP contribution is 2.27. The molecule has 8 heteroatoms. The first-order valence-corrected chi connectivity index (χ1v) is 7.10. The monoisotopic (exact) mass is 292 g/mol. The minimum absolute atomic E-state index is 0.0949. The summed E-state index contributed by atoms with van der Waals surface area (Å²) in [5.41, 5.74) is -0.427. The molecule has 0 saturated heterocycles. The van der Waals surface area contributed by atoms with E-state index in [0.717, 1.165) is 6.07 Å². The molecular formula is C10H13ClN2O4S. The van der Waals surface area contributed by atoms with E-state index < -0.39 is 20.6 Å². The van der Waals surface area contributed by atoms with E-state index in [1.54, 1.807) is 6.92 Å². The van der Waals surface area contributed by atoms with Gasteiger partial charge in [-0.3, -0.25) is 10.1 Å². The van der Waals surface area contributed by atoms with Crippen molar-refractivity contribution in [3.05, 3.63) is 33.3 Å². The number of nitrogens with one attached hydrogen (secondary N) is 1. The van der Waals surface area contributed by atoms with E-state index >= 15 is 0 Å². The predicted molar refractivity (Wildman–Crippen MR) is 68.2 cm³/mol. The Morgan fingerprint density at radius 2 is 2.11 bits per heavy atom. The molecule has 0 aliphatic carbocycles. The number of benzene rings is 1. The van der Waals surface area contributed by atoms with Gasteiger partial charge in [0.2, 0.25) is 10.0 Å². The summed E-state index contributed by atoms with van der Waals surface area (Å²) in [6.45, 7) is 3.54. The number of nitro benzene ring substituents is 1. The molecule has 18 heavy (non-hydrogen) atoms. The summed E-state index contributed by atoms with van der Waals surface area (Å²) in [5.74, 6) is 0. The Labute approximate surface area is 110 Å². The molecule has 0 amide bonds. The van der Waals surface area contributed by atoms with Crippen LogP contribution in [0, 0.1) is 10.1 Å². The topological polar surface area (TPSA) is 89.3 Å². The molecule has 0 unspecified atom stereocenters. The molecule has 6 nitrogen and oxygen atoms in total. The van der Waals surface area contributed by atoms with Gasteiger partial charge in [-0.2, -0.15) is 0 Å². The molecule has 0 aromatic heterocycles. The summed E-state index contributed by atoms with van der Waals surface area (Å²) in [5, 5.41) is 10.6. The standard InChI is InChI=1S/C10H13ClN2O4S/c1-3-7(2)12-18(16,17)8-4-5-9(11)10(6-8)13(14)15/h4-7,12H,3H2,1-2H3/t7-/m0/s1. The van der Waals surface area contributed by atoms with E-state index in [1.807, 2.05) is 6.92 Å². The van der Waals surface area contributed by atoms with Crippen LogP contribution in [0.5, 0.6) is 0 Å². The average molecular weight is 293 g/mol. The van der Waals surface area contributed by atoms with Crippen molar-refractivity contribution in [2.75, 3.05) is 0 Å². The third-order valence-electron chi connectivity index (χ3n) is 2.39. The van der Waals surface area contributed by atoms with E-state index in [-0.39, 0.29) is 16.0 Å². The van der Waals surface area contributed by atoms with Gasteiger partial charge in [0.05, 0.1) is 9.82 Å². The maximum absolute atomic E-state index is 11.9. The zero-order valence-electron chi connectivity index (χ0n) is 9.88. The fraction of sp³-hybridized carbons (Fsp3) is 0.400. The Bertz CT molecular complexity index is 559. The van der Waals surface area contributed by atoms with Crippen LogP contribution in [0.1, 0.15) is 20.3 Å². The van der Waals surface area contributed by atoms with Crippen molar-refractivity contribution < 1.29 is 13.3 Å². The fourth-order valence-electron chi connectivity index (χ4n) is 1.22. The maximum atomic E-state index is 11.9. The van der Waals surface area contributed by atoms with Gasteiger partial charge in [0.25, 0.3) is 5.69 Å². The second-order valence-electron chi connectivity index (χ2n) is 3.80. The first-order valence-electron chi connectivity index (χ1n) is 5.24. The van der Waals surface area contributed by atoms with Gasteiger partial charge >= 0.3 is 0 Å². The zero-order valence-corrected chi connectivity index (χ0v) is 11.5. The molecule has 0 fully saturated rings. The lowest BCUT2D eigenvalue weighted by Crippen LogP contribution is -2.32. The van der Waals surface area contributed by atoms with Crippen LogP contribution in [-0.4, -0.2) is 19.4 Å². The summed E-state index contributed by atoms with van der Waals surface area (Å²) < 4.78 is 26.2. The van der Waals surface area contributed by atoms with Crippen LogP contribution in [0.3, 0.4) is 0 Å². The van der Waals surface area contributed by atoms with Gasteiger partial charge in [0.1, 0.15) is 5.02 Å². The van der Waals surface area contributed by atoms with Crippen LogP contribution in [0.4, 0.5) is 5.69 Å². The Hall–Kier alpha value is -1.18. The number of hydrogen-bond donors (Lipinski definition) is 1. The lowest BCUT2D eigenvalue weighted by Gasteiger charge is -2.11. The van der Waals surface area contributed by atoms with Crippen LogP contribution in [0.2, 0.25) is 5.02 Å². The first-order chi connectivity index (χ1) is 8.27. The molecule has 100 valence electrons. The van der Waals surface area contributed by atoms with Crippen molar-refractivity contribution in [3.8, 4) is 0 Å². The number of halogens is 1. The molecule has 0 heterocycles. The molecule has 0 saturated carbocycles. The molecule has 1 rings (SSSR count). The maximum Gasteiger partial charge on any atom is 0.289 e. The van der Waals surface area contributed by atoms with Crippen molar-refractivity contribution in [1.29, 1.82) is 0 Å². The largest absolute Gasteiger partial charge is 0.289 e. The van der Waals surface area contributed by atoms with Crippen LogP contribution >= 0.6 is 11.6 Å². The Kier molecular flexibility index (Phi) is 4.66. The van der Waals surface area contributed by atoms with Crippen molar-refractivity contribution >= 4 is 27.3 Å². The van der Waals surface area contributed by atoms with Crippen LogP contribution in [-0.2, 0) is 10.0 Å². The molecule has 0 radical (unpaired) electrons. The Morgan fingerprint density at radius 3 is 2.61 bits per heavy atom. The Morgan fingerprint density at radius 1 is 1.50 bits per heavy atom. The van der Waals surface area contributed by atoms with E-state index in [9.17, 15) is 18.5 Å². The SMILES string of the molecule is CC[C@H](C)NS(=O)(=O)c1ccc(Cl)c([N+](=O)[O-])c1. The molecule has 0 aliphatic rings. The van der Waals surface area contributed by atoms with Crippen molar-refractivity contribution in [1.82, 2.24) is 4.72 Å². The molecule has 1 aromatic carbocycles. The van der Waals surface area contributed by atoms with Gasteiger partial charge in [-0.05, 0) is 25.5 Å². The fourth-order valence-corrected chi connectivity index (χ4v) is 2.75. The molecule has 1 atom stereocenters. The summed E-state index contributed by atoms with van der Waals surface area (Å²) in [6.07, 6.45) is 0.620. The summed E-state index contributed by atoms with van der Waals surface area (Å²) in [7, 11) is -3.76. The molecule has 1 N–H and O–H groups in total. The lowest BCUT2D eigenvalue weighted by molar-refractivity contribution is -0.384. The number of nitro groups is 1. The van der Waals surface area contributed by atoms with E-state index in [4.69, 9.17) is 11.6 Å². The van der Waals surface area contributed by atoms with Gasteiger partial charge < -0.3 is 0 Å². The van der Waals surface area contributed by atoms with E-state index in [2.05, 4.69) is 4.72 Å². The molecule has 0 spiro atoms. The predicted octanol–water partition coefficient (Wildman–Crippen LogP) is 2.33. The summed E-state index contributed by atoms with van der Waals surface area (Å²) >= 11 is 5.62. The number of hydrogen-bond acceptors (Lipinski definition) is 4. The van der Waals surface area contributed by atoms with Gasteiger partial charge in [0.15, 0.2) is 0 Å². The summed E-state index contributed by atoms with van der Waals surface area (Å²) in [6, 6.07) is 3.14. The number of sulfonamides is 1. The van der Waals surface area contributed by atoms with Crippen LogP contribution in [0.25, 0.3) is 0 Å². The van der Waals surface area contributed by atoms with E-state index in [1.165, 1.54) is 12.1 Å². The second kappa shape index (κ2) is 5.64. The van der Waals surface area contributed by atoms with Gasteiger partial charge in [-0.15, -0.1) is 0 Å². The smallest absolute Gasteiger partial charge is 0.258 e. The third-order valence-corrected chi connectivity index (χ3v) is 4.30. The van der Waals surface area contributed by atoms with Gasteiger partial charge in [-0.1, -0.05) is 18.5 Å². The third kappa shape index (κ3) is 3.41. The highest BCUT2D eigenvalue weighted by Gasteiger charge is 2.21. The molecular weight excluding hydrogens is 280 g/mol. The average Bonchev–Trinajstić information content (AvgIpc) is 2.28.